The van der Waals surface area contributed by atoms with Crippen LogP contribution in [0, 0.1) is 5.82 Å². The number of carbonyl (C=O) groups is 2. The van der Waals surface area contributed by atoms with Gasteiger partial charge in [0.2, 0.25) is 0 Å². The molecular formula is C21H20ClFN2O3. The standard InChI is InChI=1S/C21H20ClFN2O3/c1-24(2)10-11-25-18(15-8-3-4-9-16(15)23)17(20(27)21(25)28)19(26)13-6-5-7-14(22)12-13/h3-9,12,18,26H,10-11H2,1-2H3/b19-17-. The maximum Gasteiger partial charge on any atom is 0.295 e. The lowest BCUT2D eigenvalue weighted by atomic mass is 9.95. The number of likely N-dealkylation sites (tertiary alicyclic amines) is 1. The van der Waals surface area contributed by atoms with Crippen molar-refractivity contribution in [3.05, 3.63) is 76.1 Å². The molecule has 1 saturated heterocycles. The first-order valence-corrected chi connectivity index (χ1v) is 9.12. The molecule has 1 unspecified atom stereocenters. The third-order valence-corrected chi connectivity index (χ3v) is 4.86. The van der Waals surface area contributed by atoms with E-state index in [0.717, 1.165) is 0 Å². The van der Waals surface area contributed by atoms with Gasteiger partial charge in [0.1, 0.15) is 11.6 Å². The maximum atomic E-state index is 14.6. The number of nitrogens with zero attached hydrogens (tertiary/aromatic N) is 2. The van der Waals surface area contributed by atoms with E-state index in [2.05, 4.69) is 0 Å². The number of carbonyl (C=O) groups excluding carboxylic acids is 2. The summed E-state index contributed by atoms with van der Waals surface area (Å²) in [7, 11) is 3.67. The second-order valence-corrected chi connectivity index (χ2v) is 7.26. The number of hydrogen-bond donors (Lipinski definition) is 1. The molecule has 0 bridgehead atoms. The number of aliphatic hydroxyl groups excluding tert-OH is 1. The van der Waals surface area contributed by atoms with Gasteiger partial charge in [-0.15, -0.1) is 0 Å². The van der Waals surface area contributed by atoms with Crippen molar-refractivity contribution in [1.82, 2.24) is 9.80 Å². The average Bonchev–Trinajstić information content (AvgIpc) is 2.90. The minimum absolute atomic E-state index is 0.142. The molecule has 1 N–H and O–H groups in total. The molecule has 0 aromatic heterocycles. The topological polar surface area (TPSA) is 60.9 Å². The number of amides is 1. The van der Waals surface area contributed by atoms with Crippen molar-refractivity contribution in [2.24, 2.45) is 0 Å². The van der Waals surface area contributed by atoms with E-state index in [4.69, 9.17) is 11.6 Å². The molecule has 0 saturated carbocycles. The van der Waals surface area contributed by atoms with Gasteiger partial charge in [-0.05, 0) is 32.3 Å². The molecule has 1 fully saturated rings. The minimum atomic E-state index is -1.01. The Morgan fingerprint density at radius 1 is 1.18 bits per heavy atom. The Hall–Kier alpha value is -2.70. The van der Waals surface area contributed by atoms with Crippen LogP contribution in [0.3, 0.4) is 0 Å². The quantitative estimate of drug-likeness (QED) is 0.472. The molecule has 0 radical (unpaired) electrons. The number of benzene rings is 2. The van der Waals surface area contributed by atoms with Crippen LogP contribution in [0.1, 0.15) is 17.2 Å². The zero-order chi connectivity index (χ0) is 20.4. The van der Waals surface area contributed by atoms with E-state index >= 15 is 0 Å². The molecule has 1 atom stereocenters. The molecule has 1 aliphatic heterocycles. The van der Waals surface area contributed by atoms with Crippen LogP contribution < -0.4 is 0 Å². The van der Waals surface area contributed by atoms with E-state index in [1.807, 2.05) is 19.0 Å². The zero-order valence-electron chi connectivity index (χ0n) is 15.5. The first-order chi connectivity index (χ1) is 13.3. The fourth-order valence-corrected chi connectivity index (χ4v) is 3.42. The molecule has 1 aliphatic rings. The first kappa shape index (κ1) is 20.0. The van der Waals surface area contributed by atoms with Crippen molar-refractivity contribution in [2.45, 2.75) is 6.04 Å². The SMILES string of the molecule is CN(C)CCN1C(=O)C(=O)/C(=C(\O)c2cccc(Cl)c2)C1c1ccccc1F. The third-order valence-electron chi connectivity index (χ3n) is 4.63. The number of halogens is 2. The Morgan fingerprint density at radius 2 is 1.89 bits per heavy atom. The number of Topliss-reactive ketones (excluding diaryl/α,β-unsaturated/α-hetero) is 1. The number of rotatable bonds is 5. The average molecular weight is 403 g/mol. The number of ketones is 1. The Labute approximate surface area is 167 Å². The summed E-state index contributed by atoms with van der Waals surface area (Å²) in [6.45, 7) is 0.693. The maximum absolute atomic E-state index is 14.6. The highest BCUT2D eigenvalue weighted by atomic mass is 35.5. The molecule has 1 amide bonds. The van der Waals surface area contributed by atoms with Gasteiger partial charge >= 0.3 is 0 Å². The van der Waals surface area contributed by atoms with Gasteiger partial charge < -0.3 is 14.9 Å². The van der Waals surface area contributed by atoms with E-state index in [0.29, 0.717) is 17.1 Å². The molecule has 0 spiro atoms. The van der Waals surface area contributed by atoms with Crippen molar-refractivity contribution in [3.8, 4) is 0 Å². The van der Waals surface area contributed by atoms with Crippen molar-refractivity contribution in [3.63, 3.8) is 0 Å². The predicted octanol–water partition coefficient (Wildman–Crippen LogP) is 3.46. The van der Waals surface area contributed by atoms with Crippen molar-refractivity contribution in [2.75, 3.05) is 27.2 Å². The summed E-state index contributed by atoms with van der Waals surface area (Å²) in [4.78, 5) is 28.6. The largest absolute Gasteiger partial charge is 0.507 e. The van der Waals surface area contributed by atoms with Crippen LogP contribution in [0.25, 0.3) is 5.76 Å². The molecule has 2 aromatic carbocycles. The molecule has 3 rings (SSSR count). The Morgan fingerprint density at radius 3 is 2.54 bits per heavy atom. The van der Waals surface area contributed by atoms with E-state index in [9.17, 15) is 19.1 Å². The number of likely N-dealkylation sites (N-methyl/N-ethyl adjacent to an activating group) is 1. The first-order valence-electron chi connectivity index (χ1n) is 8.74. The third kappa shape index (κ3) is 3.79. The Bertz CT molecular complexity index is 958. The normalized spacial score (nSPS) is 18.9. The van der Waals surface area contributed by atoms with Gasteiger partial charge in [-0.2, -0.15) is 0 Å². The fraction of sp³-hybridized carbons (Fsp3) is 0.238. The molecule has 2 aromatic rings. The van der Waals surface area contributed by atoms with Gasteiger partial charge in [-0.25, -0.2) is 4.39 Å². The van der Waals surface area contributed by atoms with Crippen molar-refractivity contribution >= 4 is 29.1 Å². The lowest BCUT2D eigenvalue weighted by Crippen LogP contribution is -2.35. The van der Waals surface area contributed by atoms with Gasteiger partial charge in [0.15, 0.2) is 0 Å². The van der Waals surface area contributed by atoms with Crippen LogP contribution in [0.4, 0.5) is 4.39 Å². The summed E-state index contributed by atoms with van der Waals surface area (Å²) in [6.07, 6.45) is 0. The van der Waals surface area contributed by atoms with Crippen LogP contribution in [-0.2, 0) is 9.59 Å². The summed E-state index contributed by atoms with van der Waals surface area (Å²) >= 11 is 5.99. The molecule has 1 heterocycles. The molecule has 5 nitrogen and oxygen atoms in total. The van der Waals surface area contributed by atoms with Gasteiger partial charge in [0, 0.05) is 29.2 Å². The van der Waals surface area contributed by atoms with Crippen LogP contribution in [-0.4, -0.2) is 53.8 Å². The molecule has 0 aliphatic carbocycles. The fourth-order valence-electron chi connectivity index (χ4n) is 3.23. The van der Waals surface area contributed by atoms with Crippen LogP contribution >= 0.6 is 11.6 Å². The van der Waals surface area contributed by atoms with Gasteiger partial charge in [-0.1, -0.05) is 41.9 Å². The Balaban J connectivity index is 2.18. The molecule has 146 valence electrons. The minimum Gasteiger partial charge on any atom is -0.507 e. The smallest absolute Gasteiger partial charge is 0.295 e. The zero-order valence-corrected chi connectivity index (χ0v) is 16.3. The summed E-state index contributed by atoms with van der Waals surface area (Å²) in [6, 6.07) is 11.2. The van der Waals surface area contributed by atoms with Crippen molar-refractivity contribution < 1.29 is 19.1 Å². The van der Waals surface area contributed by atoms with Crippen LogP contribution in [0.2, 0.25) is 5.02 Å². The number of aliphatic hydroxyl groups is 1. The highest BCUT2D eigenvalue weighted by molar-refractivity contribution is 6.46. The lowest BCUT2D eigenvalue weighted by Gasteiger charge is -2.26. The molecule has 28 heavy (non-hydrogen) atoms. The second kappa shape index (κ2) is 8.12. The van der Waals surface area contributed by atoms with Crippen LogP contribution in [0.15, 0.2) is 54.1 Å². The number of hydrogen-bond acceptors (Lipinski definition) is 4. The second-order valence-electron chi connectivity index (χ2n) is 6.83. The van der Waals surface area contributed by atoms with E-state index in [1.165, 1.54) is 29.2 Å². The summed E-state index contributed by atoms with van der Waals surface area (Å²) in [5.74, 6) is -2.54. The van der Waals surface area contributed by atoms with Crippen LogP contribution in [0.5, 0.6) is 0 Å². The summed E-state index contributed by atoms with van der Waals surface area (Å²) in [5, 5.41) is 11.2. The lowest BCUT2D eigenvalue weighted by molar-refractivity contribution is -0.140. The molecular weight excluding hydrogens is 383 g/mol. The van der Waals surface area contributed by atoms with Gasteiger partial charge in [-0.3, -0.25) is 9.59 Å². The highest BCUT2D eigenvalue weighted by Gasteiger charge is 2.46. The summed E-state index contributed by atoms with van der Waals surface area (Å²) < 4.78 is 14.6. The molecule has 7 heteroatoms. The van der Waals surface area contributed by atoms with E-state index < -0.39 is 23.5 Å². The van der Waals surface area contributed by atoms with Gasteiger partial charge in [0.05, 0.1) is 11.6 Å². The van der Waals surface area contributed by atoms with Gasteiger partial charge in [0.25, 0.3) is 11.7 Å². The van der Waals surface area contributed by atoms with E-state index in [-0.39, 0.29) is 23.4 Å². The Kier molecular flexibility index (Phi) is 5.82. The monoisotopic (exact) mass is 402 g/mol. The predicted molar refractivity (Wildman–Crippen MR) is 105 cm³/mol. The van der Waals surface area contributed by atoms with E-state index in [1.54, 1.807) is 24.3 Å². The highest BCUT2D eigenvalue weighted by Crippen LogP contribution is 2.40. The summed E-state index contributed by atoms with van der Waals surface area (Å²) in [5.41, 5.74) is 0.305. The van der Waals surface area contributed by atoms with Crippen molar-refractivity contribution in [1.29, 1.82) is 0 Å².